The lowest BCUT2D eigenvalue weighted by molar-refractivity contribution is -0.144. The van der Waals surface area contributed by atoms with Crippen LogP contribution in [0.15, 0.2) is 133 Å². The summed E-state index contributed by atoms with van der Waals surface area (Å²) in [5.74, 6) is 0.319. The molecule has 0 aromatic heterocycles. The van der Waals surface area contributed by atoms with Crippen LogP contribution in [0.2, 0.25) is 0 Å². The van der Waals surface area contributed by atoms with Gasteiger partial charge in [0, 0.05) is 57.0 Å². The predicted molar refractivity (Wildman–Crippen MR) is 356 cm³/mol. The molecular formula is C70H84I2N2O14. The van der Waals surface area contributed by atoms with Crippen molar-refractivity contribution in [1.82, 2.24) is 10.6 Å². The zero-order valence-corrected chi connectivity index (χ0v) is 55.0. The number of benzene rings is 6. The maximum atomic E-state index is 12.7. The van der Waals surface area contributed by atoms with Crippen LogP contribution in [0.3, 0.4) is 0 Å². The predicted octanol–water partition coefficient (Wildman–Crippen LogP) is 14.3. The largest absolute Gasteiger partial charge is 0.494 e. The van der Waals surface area contributed by atoms with Crippen molar-refractivity contribution in [3.05, 3.63) is 185 Å². The first-order chi connectivity index (χ1) is 42.7. The molecule has 0 aliphatic heterocycles. The molecular weight excluding hydrogens is 1350 g/mol. The van der Waals surface area contributed by atoms with Gasteiger partial charge in [0.1, 0.15) is 23.0 Å². The summed E-state index contributed by atoms with van der Waals surface area (Å²) in [4.78, 5) is 71.1. The monoisotopic (exact) mass is 1430 g/mol. The number of carbonyl (C=O) groups excluding carboxylic acids is 4. The topological polar surface area (TPSA) is 222 Å². The SMILES string of the molecule is CCOC(=O)CCCOc1cccc(CCCCCCOc2cc(I)cc(C(=O)NCc3ccccc3)c2)c1CCC(=O)OCC.O=C(O)CCCOc1cccc(CCCCCCOc2cc(I)cc(C(=O)NCc3ccccc3)c2)c1CCC(=O)O. The van der Waals surface area contributed by atoms with E-state index in [4.69, 9.17) is 33.5 Å². The van der Waals surface area contributed by atoms with Crippen LogP contribution in [-0.4, -0.2) is 85.5 Å². The molecule has 0 saturated heterocycles. The highest BCUT2D eigenvalue weighted by Gasteiger charge is 2.16. The first-order valence-corrected chi connectivity index (χ1v) is 32.6. The van der Waals surface area contributed by atoms with E-state index in [9.17, 15) is 33.9 Å². The molecule has 0 fully saturated rings. The van der Waals surface area contributed by atoms with Gasteiger partial charge < -0.3 is 49.3 Å². The van der Waals surface area contributed by atoms with Gasteiger partial charge >= 0.3 is 23.9 Å². The molecule has 0 saturated carbocycles. The molecule has 472 valence electrons. The van der Waals surface area contributed by atoms with Crippen molar-refractivity contribution in [2.75, 3.05) is 39.6 Å². The van der Waals surface area contributed by atoms with Crippen molar-refractivity contribution < 1.29 is 67.4 Å². The summed E-state index contributed by atoms with van der Waals surface area (Å²) >= 11 is 4.40. The maximum Gasteiger partial charge on any atom is 0.306 e. The van der Waals surface area contributed by atoms with Crippen molar-refractivity contribution in [3.8, 4) is 23.0 Å². The van der Waals surface area contributed by atoms with Crippen LogP contribution in [0.4, 0.5) is 0 Å². The molecule has 6 aromatic carbocycles. The lowest BCUT2D eigenvalue weighted by atomic mass is 9.96. The van der Waals surface area contributed by atoms with E-state index < -0.39 is 11.9 Å². The number of unbranched alkanes of at least 4 members (excludes halogenated alkanes) is 6. The van der Waals surface area contributed by atoms with Gasteiger partial charge in [0.25, 0.3) is 11.8 Å². The smallest absolute Gasteiger partial charge is 0.306 e. The summed E-state index contributed by atoms with van der Waals surface area (Å²) in [6.07, 6.45) is 11.9. The molecule has 0 radical (unpaired) electrons. The molecule has 88 heavy (non-hydrogen) atoms. The Kier molecular flexibility index (Phi) is 34.0. The number of halogens is 2. The fraction of sp³-hybridized carbons (Fsp3) is 0.400. The van der Waals surface area contributed by atoms with Gasteiger partial charge in [-0.1, -0.05) is 111 Å². The summed E-state index contributed by atoms with van der Waals surface area (Å²) < 4.78 is 35.9. The van der Waals surface area contributed by atoms with Gasteiger partial charge in [0.15, 0.2) is 0 Å². The zero-order chi connectivity index (χ0) is 63.1. The minimum absolute atomic E-state index is 0.00859. The Labute approximate surface area is 545 Å². The van der Waals surface area contributed by atoms with E-state index in [0.29, 0.717) is 107 Å². The average Bonchev–Trinajstić information content (AvgIpc) is 3.58. The molecule has 6 rings (SSSR count). The second-order valence-electron chi connectivity index (χ2n) is 20.8. The van der Waals surface area contributed by atoms with E-state index in [2.05, 4.69) is 61.9 Å². The third-order valence-corrected chi connectivity index (χ3v) is 15.1. The number of carboxylic acids is 2. The summed E-state index contributed by atoms with van der Waals surface area (Å²) in [5.41, 5.74) is 7.40. The number of carboxylic acid groups (broad SMARTS) is 2. The Bertz CT molecular complexity index is 3110. The number of amides is 2. The number of carbonyl (C=O) groups is 6. The summed E-state index contributed by atoms with van der Waals surface area (Å²) in [5, 5.41) is 24.0. The molecule has 16 nitrogen and oxygen atoms in total. The molecule has 0 aliphatic carbocycles. The van der Waals surface area contributed by atoms with E-state index in [1.54, 1.807) is 26.0 Å². The fourth-order valence-corrected chi connectivity index (χ4v) is 10.8. The van der Waals surface area contributed by atoms with Crippen molar-refractivity contribution in [1.29, 1.82) is 0 Å². The highest BCUT2D eigenvalue weighted by molar-refractivity contribution is 14.1. The van der Waals surface area contributed by atoms with Crippen molar-refractivity contribution in [2.45, 2.75) is 143 Å². The Hall–Kier alpha value is -7.20. The molecule has 2 amide bonds. The summed E-state index contributed by atoms with van der Waals surface area (Å²) in [6.45, 7) is 7.06. The highest BCUT2D eigenvalue weighted by Crippen LogP contribution is 2.29. The molecule has 0 spiro atoms. The lowest BCUT2D eigenvalue weighted by Crippen LogP contribution is -2.22. The zero-order valence-electron chi connectivity index (χ0n) is 50.6. The number of aryl methyl sites for hydroxylation is 2. The number of rotatable bonds is 40. The van der Waals surface area contributed by atoms with Crippen molar-refractivity contribution in [3.63, 3.8) is 0 Å². The van der Waals surface area contributed by atoms with Crippen molar-refractivity contribution >= 4 is 80.9 Å². The van der Waals surface area contributed by atoms with Gasteiger partial charge in [0.05, 0.1) is 39.6 Å². The normalized spacial score (nSPS) is 10.7. The van der Waals surface area contributed by atoms with Gasteiger partial charge in [-0.25, -0.2) is 0 Å². The summed E-state index contributed by atoms with van der Waals surface area (Å²) in [6, 6.07) is 42.5. The van der Waals surface area contributed by atoms with Crippen LogP contribution in [0.25, 0.3) is 0 Å². The first kappa shape index (κ1) is 71.6. The minimum Gasteiger partial charge on any atom is -0.494 e. The van der Waals surface area contributed by atoms with E-state index in [0.717, 1.165) is 105 Å². The number of esters is 2. The summed E-state index contributed by atoms with van der Waals surface area (Å²) in [7, 11) is 0. The van der Waals surface area contributed by atoms with E-state index in [-0.39, 0.29) is 49.6 Å². The van der Waals surface area contributed by atoms with Crippen molar-refractivity contribution in [2.24, 2.45) is 0 Å². The number of ether oxygens (including phenoxy) is 6. The number of nitrogens with one attached hydrogen (secondary N) is 2. The van der Waals surface area contributed by atoms with Gasteiger partial charge in [-0.2, -0.15) is 0 Å². The minimum atomic E-state index is -0.867. The lowest BCUT2D eigenvalue weighted by Gasteiger charge is -2.16. The second kappa shape index (κ2) is 41.9. The molecule has 6 aromatic rings. The number of hydrogen-bond donors (Lipinski definition) is 4. The standard InChI is InChI=1S/C37H46INO7.C33H38INO7/c1-3-43-35(40)19-13-23-46-34-18-12-17-29(33(34)20-21-36(41)44-4-2)16-10-5-6-11-22-45-32-25-30(24-31(38)26-32)37(42)39-27-28-14-8-7-9-15-28;34-27-20-26(33(40)35-23-24-10-4-3-5-11-24)21-28(22-27)41-18-7-2-1-6-12-25-13-8-14-30(29(25)16-17-32(38)39)42-19-9-15-31(36)37/h7-9,12,14-15,17-18,24-26H,3-6,10-11,13,16,19-23,27H2,1-2H3,(H,39,42);3-5,8,10-11,13-14,20-22H,1-2,6-7,9,12,15-19,23H2,(H,35,40)(H,36,37)(H,38,39). The van der Waals surface area contributed by atoms with Crippen LogP contribution >= 0.6 is 45.2 Å². The number of aliphatic carboxylic acids is 2. The molecule has 4 N–H and O–H groups in total. The van der Waals surface area contributed by atoms with E-state index in [1.165, 1.54) is 5.56 Å². The Balaban J connectivity index is 0.000000322. The van der Waals surface area contributed by atoms with E-state index in [1.807, 2.05) is 115 Å². The van der Waals surface area contributed by atoms with Crippen LogP contribution in [0.5, 0.6) is 23.0 Å². The molecule has 18 heteroatoms. The van der Waals surface area contributed by atoms with Gasteiger partial charge in [-0.15, -0.1) is 0 Å². The molecule has 0 bridgehead atoms. The Morgan fingerprint density at radius 2 is 0.818 bits per heavy atom. The third-order valence-electron chi connectivity index (χ3n) is 13.9. The third kappa shape index (κ3) is 28.8. The molecule has 0 atom stereocenters. The highest BCUT2D eigenvalue weighted by atomic mass is 127. The average molecular weight is 1430 g/mol. The quantitative estimate of drug-likeness (QED) is 0.0160. The fourth-order valence-electron chi connectivity index (χ4n) is 9.50. The van der Waals surface area contributed by atoms with Gasteiger partial charge in [-0.3, -0.25) is 28.8 Å². The second-order valence-corrected chi connectivity index (χ2v) is 23.3. The van der Waals surface area contributed by atoms with E-state index >= 15 is 0 Å². The molecule has 0 unspecified atom stereocenters. The van der Waals surface area contributed by atoms with Crippen LogP contribution < -0.4 is 29.6 Å². The van der Waals surface area contributed by atoms with Gasteiger partial charge in [0.2, 0.25) is 0 Å². The van der Waals surface area contributed by atoms with Crippen LogP contribution in [0.1, 0.15) is 158 Å². The maximum absolute atomic E-state index is 12.7. The molecule has 0 heterocycles. The first-order valence-electron chi connectivity index (χ1n) is 30.4. The Morgan fingerprint density at radius 3 is 1.26 bits per heavy atom. The van der Waals surface area contributed by atoms with Crippen LogP contribution in [-0.2, 0) is 67.4 Å². The molecule has 0 aliphatic rings. The number of hydrogen-bond acceptors (Lipinski definition) is 12. The van der Waals surface area contributed by atoms with Crippen LogP contribution in [0, 0.1) is 7.14 Å². The Morgan fingerprint density at radius 1 is 0.409 bits per heavy atom. The van der Waals surface area contributed by atoms with Gasteiger partial charge in [-0.05, 0) is 205 Å².